The van der Waals surface area contributed by atoms with Crippen molar-refractivity contribution in [2.45, 2.75) is 40.0 Å². The Kier molecular flexibility index (Phi) is 1.74. The molecule has 0 N–H and O–H groups in total. The van der Waals surface area contributed by atoms with Gasteiger partial charge in [0.1, 0.15) is 0 Å². The van der Waals surface area contributed by atoms with Crippen LogP contribution in [-0.4, -0.2) is 0 Å². The van der Waals surface area contributed by atoms with Gasteiger partial charge in [-0.25, -0.2) is 0 Å². The molecule has 0 spiro atoms. The van der Waals surface area contributed by atoms with Gasteiger partial charge >= 0.3 is 0 Å². The van der Waals surface area contributed by atoms with Gasteiger partial charge in [-0.3, -0.25) is 0 Å². The van der Waals surface area contributed by atoms with Crippen LogP contribution in [0.3, 0.4) is 0 Å². The molecule has 0 heterocycles. The predicted molar refractivity (Wildman–Crippen MR) is 48.3 cm³/mol. The first kappa shape index (κ1) is 7.64. The summed E-state index contributed by atoms with van der Waals surface area (Å²) >= 11 is 0. The van der Waals surface area contributed by atoms with Crippen LogP contribution < -0.4 is 0 Å². The van der Waals surface area contributed by atoms with Crippen LogP contribution in [0, 0.1) is 29.6 Å². The van der Waals surface area contributed by atoms with Crippen molar-refractivity contribution in [3.63, 3.8) is 0 Å². The van der Waals surface area contributed by atoms with Gasteiger partial charge in [0.25, 0.3) is 0 Å². The van der Waals surface area contributed by atoms with Crippen LogP contribution >= 0.6 is 0 Å². The zero-order valence-electron chi connectivity index (χ0n) is 8.01. The van der Waals surface area contributed by atoms with Crippen LogP contribution in [0.25, 0.3) is 0 Å². The van der Waals surface area contributed by atoms with Gasteiger partial charge in [0.15, 0.2) is 0 Å². The van der Waals surface area contributed by atoms with Crippen molar-refractivity contribution >= 4 is 0 Å². The summed E-state index contributed by atoms with van der Waals surface area (Å²) in [4.78, 5) is 0. The topological polar surface area (TPSA) is 0 Å². The lowest BCUT2D eigenvalue weighted by atomic mass is 9.86. The Morgan fingerprint density at radius 2 is 1.55 bits per heavy atom. The summed E-state index contributed by atoms with van der Waals surface area (Å²) in [5.41, 5.74) is 0. The summed E-state index contributed by atoms with van der Waals surface area (Å²) in [5, 5.41) is 0. The van der Waals surface area contributed by atoms with Gasteiger partial charge in [0, 0.05) is 0 Å². The highest BCUT2D eigenvalue weighted by Crippen LogP contribution is 2.53. The van der Waals surface area contributed by atoms with E-state index in [4.69, 9.17) is 0 Å². The summed E-state index contributed by atoms with van der Waals surface area (Å²) in [6.07, 6.45) is 4.53. The molecule has 2 aliphatic rings. The van der Waals surface area contributed by atoms with E-state index >= 15 is 0 Å². The van der Waals surface area contributed by atoms with E-state index in [0.29, 0.717) is 0 Å². The molecule has 0 radical (unpaired) electrons. The first-order chi connectivity index (χ1) is 5.20. The van der Waals surface area contributed by atoms with Crippen molar-refractivity contribution in [1.29, 1.82) is 0 Å². The predicted octanol–water partition coefficient (Wildman–Crippen LogP) is 3.32. The van der Waals surface area contributed by atoms with E-state index in [1.165, 1.54) is 19.3 Å². The molecule has 2 saturated carbocycles. The average molecular weight is 152 g/mol. The Morgan fingerprint density at radius 1 is 0.818 bits per heavy atom. The molecule has 0 amide bonds. The van der Waals surface area contributed by atoms with E-state index in [1.54, 1.807) is 0 Å². The molecule has 64 valence electrons. The minimum absolute atomic E-state index is 1.02. The third-order valence-electron chi connectivity index (χ3n) is 4.24. The smallest absolute Gasteiger partial charge is 0.0332 e. The molecule has 0 aromatic rings. The number of rotatable bonds is 0. The molecule has 2 fully saturated rings. The molecule has 0 aromatic carbocycles. The molecule has 0 saturated heterocycles. The van der Waals surface area contributed by atoms with Gasteiger partial charge in [0.05, 0.1) is 0 Å². The van der Waals surface area contributed by atoms with Gasteiger partial charge < -0.3 is 0 Å². The summed E-state index contributed by atoms with van der Waals surface area (Å²) in [7, 11) is 0. The highest BCUT2D eigenvalue weighted by atomic mass is 14.5. The quantitative estimate of drug-likeness (QED) is 0.499. The minimum atomic E-state index is 1.02. The molecule has 0 nitrogen and oxygen atoms in total. The van der Waals surface area contributed by atoms with Crippen LogP contribution in [-0.2, 0) is 0 Å². The largest absolute Gasteiger partial charge is 0.0622 e. The van der Waals surface area contributed by atoms with Crippen molar-refractivity contribution in [3.05, 3.63) is 0 Å². The lowest BCUT2D eigenvalue weighted by molar-refractivity contribution is 0.292. The van der Waals surface area contributed by atoms with Gasteiger partial charge in [-0.15, -0.1) is 0 Å². The summed E-state index contributed by atoms with van der Waals surface area (Å²) < 4.78 is 0. The van der Waals surface area contributed by atoms with Gasteiger partial charge in [0.2, 0.25) is 0 Å². The van der Waals surface area contributed by atoms with Crippen LogP contribution in [0.15, 0.2) is 0 Å². The summed E-state index contributed by atoms with van der Waals surface area (Å²) in [6.45, 7) is 7.38. The Balaban J connectivity index is 2.15. The maximum absolute atomic E-state index is 2.46. The second kappa shape index (κ2) is 2.50. The molecule has 2 rings (SSSR count). The fourth-order valence-corrected chi connectivity index (χ4v) is 3.83. The molecule has 0 bridgehead atoms. The zero-order chi connectivity index (χ0) is 8.01. The lowest BCUT2D eigenvalue weighted by Crippen LogP contribution is -2.13. The maximum atomic E-state index is 2.46. The summed E-state index contributed by atoms with van der Waals surface area (Å²) in [5.74, 6) is 5.26. The van der Waals surface area contributed by atoms with Gasteiger partial charge in [-0.05, 0) is 42.4 Å². The molecule has 2 aliphatic carbocycles. The fraction of sp³-hybridized carbons (Fsp3) is 1.00. The summed E-state index contributed by atoms with van der Waals surface area (Å²) in [6, 6.07) is 0. The van der Waals surface area contributed by atoms with E-state index < -0.39 is 0 Å². The second-order valence-electron chi connectivity index (χ2n) is 4.99. The first-order valence-electron chi connectivity index (χ1n) is 5.20. The molecule has 0 aliphatic heterocycles. The molecule has 5 atom stereocenters. The third kappa shape index (κ3) is 1.02. The van der Waals surface area contributed by atoms with Crippen molar-refractivity contribution < 1.29 is 0 Å². The molecule has 0 heteroatoms. The van der Waals surface area contributed by atoms with Crippen molar-refractivity contribution in [3.8, 4) is 0 Å². The minimum Gasteiger partial charge on any atom is -0.0622 e. The number of fused-ring (bicyclic) bond motifs is 1. The molecule has 4 unspecified atom stereocenters. The highest BCUT2D eigenvalue weighted by molar-refractivity contribution is 4.94. The first-order valence-corrected chi connectivity index (χ1v) is 5.20. The number of hydrogen-bond acceptors (Lipinski definition) is 0. The molecule has 0 aromatic heterocycles. The Bertz CT molecular complexity index is 150. The van der Waals surface area contributed by atoms with Crippen molar-refractivity contribution in [2.75, 3.05) is 0 Å². The van der Waals surface area contributed by atoms with Crippen LogP contribution in [0.1, 0.15) is 40.0 Å². The van der Waals surface area contributed by atoms with E-state index in [-0.39, 0.29) is 0 Å². The standard InChI is InChI=1S/C11H20/c1-7-4-5-10-8(2)6-9(3)11(7)10/h7-11H,4-6H2,1-3H3/t7?,8-,9?,10?,11?/m1/s1. The Hall–Kier alpha value is 0. The van der Waals surface area contributed by atoms with Crippen LogP contribution in [0.4, 0.5) is 0 Å². The van der Waals surface area contributed by atoms with Gasteiger partial charge in [-0.2, -0.15) is 0 Å². The monoisotopic (exact) mass is 152 g/mol. The van der Waals surface area contributed by atoms with E-state index in [2.05, 4.69) is 20.8 Å². The van der Waals surface area contributed by atoms with E-state index in [9.17, 15) is 0 Å². The number of hydrogen-bond donors (Lipinski definition) is 0. The molecule has 11 heavy (non-hydrogen) atoms. The lowest BCUT2D eigenvalue weighted by Gasteiger charge is -2.19. The SMILES string of the molecule is CC1CCC2C1C(C)C[C@H]2C. The molecular weight excluding hydrogens is 132 g/mol. The van der Waals surface area contributed by atoms with Crippen molar-refractivity contribution in [2.24, 2.45) is 29.6 Å². The fourth-order valence-electron chi connectivity index (χ4n) is 3.83. The highest BCUT2D eigenvalue weighted by Gasteiger charge is 2.44. The second-order valence-corrected chi connectivity index (χ2v) is 4.99. The van der Waals surface area contributed by atoms with Crippen LogP contribution in [0.5, 0.6) is 0 Å². The van der Waals surface area contributed by atoms with E-state index in [1.807, 2.05) is 0 Å². The zero-order valence-corrected chi connectivity index (χ0v) is 8.01. The Morgan fingerprint density at radius 3 is 2.18 bits per heavy atom. The normalized spacial score (nSPS) is 56.5. The average Bonchev–Trinajstić information content (AvgIpc) is 2.41. The van der Waals surface area contributed by atoms with E-state index in [0.717, 1.165) is 29.6 Å². The third-order valence-corrected chi connectivity index (χ3v) is 4.24. The maximum Gasteiger partial charge on any atom is -0.0332 e. The van der Waals surface area contributed by atoms with Crippen LogP contribution in [0.2, 0.25) is 0 Å². The Labute approximate surface area is 70.4 Å². The van der Waals surface area contributed by atoms with Gasteiger partial charge in [-0.1, -0.05) is 27.2 Å². The van der Waals surface area contributed by atoms with Crippen molar-refractivity contribution in [1.82, 2.24) is 0 Å². The molecular formula is C11H20.